The molecule has 0 spiro atoms. The molecule has 4 heterocycles. The van der Waals surface area contributed by atoms with Crippen LogP contribution in [0.15, 0.2) is 75.9 Å². The molecule has 0 aliphatic carbocycles. The van der Waals surface area contributed by atoms with E-state index >= 15 is 0 Å². The average Bonchev–Trinajstić information content (AvgIpc) is 3.70. The summed E-state index contributed by atoms with van der Waals surface area (Å²) in [5.74, 6) is -1.06. The fraction of sp³-hybridized carbons (Fsp3) is 0.207. The summed E-state index contributed by atoms with van der Waals surface area (Å²) in [4.78, 5) is 37.1. The molecular weight excluding hydrogens is 579 g/mol. The van der Waals surface area contributed by atoms with Gasteiger partial charge in [0.15, 0.2) is 0 Å². The molecule has 11 heteroatoms. The minimum absolute atomic E-state index is 0.0496. The maximum absolute atomic E-state index is 13.6. The molecule has 0 radical (unpaired) electrons. The fourth-order valence-electron chi connectivity index (χ4n) is 4.96. The second-order valence-electron chi connectivity index (χ2n) is 9.65. The number of carbonyl (C=O) groups excluding carboxylic acids is 2. The van der Waals surface area contributed by atoms with Crippen LogP contribution in [0.5, 0.6) is 0 Å². The largest absolute Gasteiger partial charge is 0.342 e. The number of imidazole rings is 1. The Kier molecular flexibility index (Phi) is 6.89. The molecule has 1 unspecified atom stereocenters. The van der Waals surface area contributed by atoms with E-state index in [0.717, 1.165) is 15.6 Å². The monoisotopic (exact) mass is 602 g/mol. The molecule has 1 N–H and O–H groups in total. The van der Waals surface area contributed by atoms with Crippen molar-refractivity contribution in [3.63, 3.8) is 0 Å². The molecule has 202 valence electrons. The molecule has 0 bridgehead atoms. The van der Waals surface area contributed by atoms with Crippen LogP contribution in [0.3, 0.4) is 0 Å². The average molecular weight is 603 g/mol. The first-order valence-electron chi connectivity index (χ1n) is 12.8. The fourth-order valence-corrected chi connectivity index (χ4v) is 5.36. The number of hydrogen-bond donors (Lipinski definition) is 1. The lowest BCUT2D eigenvalue weighted by Gasteiger charge is -2.21. The van der Waals surface area contributed by atoms with Gasteiger partial charge in [-0.25, -0.2) is 9.37 Å². The molecule has 2 aromatic carbocycles. The van der Waals surface area contributed by atoms with Crippen molar-refractivity contribution in [1.29, 1.82) is 0 Å². The van der Waals surface area contributed by atoms with Crippen LogP contribution in [-0.2, 0) is 16.1 Å². The summed E-state index contributed by atoms with van der Waals surface area (Å²) in [5, 5.41) is 6.85. The second kappa shape index (κ2) is 10.6. The number of likely N-dealkylation sites (tertiary alicyclic amines) is 1. The van der Waals surface area contributed by atoms with Gasteiger partial charge in [0, 0.05) is 28.3 Å². The van der Waals surface area contributed by atoms with Crippen molar-refractivity contribution >= 4 is 33.4 Å². The number of aryl methyl sites for hydroxylation is 1. The number of rotatable bonds is 5. The lowest BCUT2D eigenvalue weighted by Crippen LogP contribution is -2.42. The predicted molar refractivity (Wildman–Crippen MR) is 148 cm³/mol. The first kappa shape index (κ1) is 25.9. The van der Waals surface area contributed by atoms with Gasteiger partial charge in [0.1, 0.15) is 17.5 Å². The zero-order valence-electron chi connectivity index (χ0n) is 21.5. The minimum atomic E-state index is -0.744. The molecule has 3 aromatic heterocycles. The summed E-state index contributed by atoms with van der Waals surface area (Å²) in [7, 11) is 0. The van der Waals surface area contributed by atoms with Gasteiger partial charge in [0.25, 0.3) is 0 Å². The number of amides is 2. The number of hydrogen-bond acceptors (Lipinski definition) is 6. The van der Waals surface area contributed by atoms with Gasteiger partial charge in [-0.3, -0.25) is 9.59 Å². The van der Waals surface area contributed by atoms with Gasteiger partial charge in [0.05, 0.1) is 17.9 Å². The highest BCUT2D eigenvalue weighted by Gasteiger charge is 2.37. The molecule has 1 atom stereocenters. The Balaban J connectivity index is 1.21. The highest BCUT2D eigenvalue weighted by Crippen LogP contribution is 2.32. The first-order valence-corrected chi connectivity index (χ1v) is 13.6. The Morgan fingerprint density at radius 2 is 1.93 bits per heavy atom. The number of pyridine rings is 1. The quantitative estimate of drug-likeness (QED) is 0.276. The van der Waals surface area contributed by atoms with Crippen LogP contribution in [0.2, 0.25) is 0 Å². The number of halogens is 2. The number of aromatic nitrogens is 4. The highest BCUT2D eigenvalue weighted by molar-refractivity contribution is 9.10. The van der Waals surface area contributed by atoms with Crippen molar-refractivity contribution in [1.82, 2.24) is 29.7 Å². The predicted octanol–water partition coefficient (Wildman–Crippen LogP) is 5.24. The first-order chi connectivity index (χ1) is 19.4. The third kappa shape index (κ3) is 5.00. The van der Waals surface area contributed by atoms with Gasteiger partial charge in [-0.2, -0.15) is 4.98 Å². The van der Waals surface area contributed by atoms with E-state index in [0.29, 0.717) is 53.7 Å². The van der Waals surface area contributed by atoms with Gasteiger partial charge in [-0.05, 0) is 67.8 Å². The second-order valence-corrected chi connectivity index (χ2v) is 10.6. The van der Waals surface area contributed by atoms with E-state index in [9.17, 15) is 14.0 Å². The van der Waals surface area contributed by atoms with E-state index in [1.807, 2.05) is 53.9 Å². The summed E-state index contributed by atoms with van der Waals surface area (Å²) < 4.78 is 21.8. The molecule has 1 saturated heterocycles. The van der Waals surface area contributed by atoms with E-state index in [4.69, 9.17) is 9.51 Å². The molecule has 1 aliphatic rings. The maximum Gasteiger partial charge on any atom is 0.312 e. The molecule has 9 nitrogen and oxygen atoms in total. The van der Waals surface area contributed by atoms with E-state index < -0.39 is 17.9 Å². The Morgan fingerprint density at radius 3 is 2.73 bits per heavy atom. The molecule has 0 saturated carbocycles. The summed E-state index contributed by atoms with van der Waals surface area (Å²) in [5.41, 5.74) is 4.44. The van der Waals surface area contributed by atoms with Crippen molar-refractivity contribution in [2.75, 3.05) is 6.54 Å². The van der Waals surface area contributed by atoms with Gasteiger partial charge >= 0.3 is 11.8 Å². The van der Waals surface area contributed by atoms with E-state index in [1.54, 1.807) is 12.1 Å². The summed E-state index contributed by atoms with van der Waals surface area (Å²) >= 11 is 3.44. The maximum atomic E-state index is 13.6. The molecule has 1 fully saturated rings. The highest BCUT2D eigenvalue weighted by atomic mass is 79.9. The number of fused-ring (bicyclic) bond motifs is 1. The lowest BCUT2D eigenvalue weighted by molar-refractivity contribution is -0.146. The van der Waals surface area contributed by atoms with Gasteiger partial charge < -0.3 is 19.1 Å². The van der Waals surface area contributed by atoms with Gasteiger partial charge in [-0.1, -0.05) is 39.3 Å². The van der Waals surface area contributed by atoms with Crippen LogP contribution < -0.4 is 5.32 Å². The third-order valence-electron chi connectivity index (χ3n) is 6.92. The molecule has 2 amide bonds. The topological polar surface area (TPSA) is 106 Å². The Bertz CT molecular complexity index is 1730. The number of nitrogens with zero attached hydrogens (tertiary/aromatic N) is 5. The summed E-state index contributed by atoms with van der Waals surface area (Å²) in [6, 6.07) is 16.9. The molecule has 40 heavy (non-hydrogen) atoms. The molecule has 5 aromatic rings. The SMILES string of the molecule is Cc1ccc2nc(-c3ccc(F)cc3)c(CNC(=O)C(=O)N3CCCC3c3nc(-c4cccc(Br)c4)no3)n2c1. The minimum Gasteiger partial charge on any atom is -0.342 e. The van der Waals surface area contributed by atoms with Gasteiger partial charge in [0.2, 0.25) is 11.7 Å². The van der Waals surface area contributed by atoms with Crippen LogP contribution in [0, 0.1) is 12.7 Å². The summed E-state index contributed by atoms with van der Waals surface area (Å²) in [6.45, 7) is 2.41. The normalized spacial score (nSPS) is 15.1. The zero-order valence-corrected chi connectivity index (χ0v) is 23.1. The molecule has 1 aliphatic heterocycles. The van der Waals surface area contributed by atoms with Crippen LogP contribution in [0.1, 0.15) is 36.0 Å². The van der Waals surface area contributed by atoms with Gasteiger partial charge in [-0.15, -0.1) is 0 Å². The Labute approximate surface area is 237 Å². The zero-order chi connectivity index (χ0) is 27.8. The molecular formula is C29H24BrFN6O3. The van der Waals surface area contributed by atoms with Crippen molar-refractivity contribution in [3.05, 3.63) is 94.3 Å². The standard InChI is InChI=1S/C29H24BrFN6O3/c1-17-7-12-24-33-25(18-8-10-21(31)11-9-18)23(37(24)16-17)15-32-27(38)29(39)36-13-3-6-22(36)28-34-26(35-40-28)19-4-2-5-20(30)14-19/h2,4-5,7-12,14,16,22H,3,6,13,15H2,1H3,(H,32,38). The third-order valence-corrected chi connectivity index (χ3v) is 7.41. The lowest BCUT2D eigenvalue weighted by atomic mass is 10.1. The van der Waals surface area contributed by atoms with Crippen molar-refractivity contribution in [2.24, 2.45) is 0 Å². The van der Waals surface area contributed by atoms with Crippen LogP contribution in [0.25, 0.3) is 28.3 Å². The Morgan fingerprint density at radius 1 is 1.10 bits per heavy atom. The van der Waals surface area contributed by atoms with Crippen molar-refractivity contribution in [2.45, 2.75) is 32.4 Å². The summed E-state index contributed by atoms with van der Waals surface area (Å²) in [6.07, 6.45) is 3.23. The van der Waals surface area contributed by atoms with E-state index in [-0.39, 0.29) is 12.4 Å². The van der Waals surface area contributed by atoms with Crippen molar-refractivity contribution in [3.8, 4) is 22.6 Å². The van der Waals surface area contributed by atoms with E-state index in [1.165, 1.54) is 17.0 Å². The number of carbonyl (C=O) groups is 2. The van der Waals surface area contributed by atoms with Crippen molar-refractivity contribution < 1.29 is 18.5 Å². The number of benzene rings is 2. The smallest absolute Gasteiger partial charge is 0.312 e. The number of nitrogens with one attached hydrogen (secondary N) is 1. The molecule has 6 rings (SSSR count). The Hall–Kier alpha value is -4.38. The van der Waals surface area contributed by atoms with Crippen LogP contribution >= 0.6 is 15.9 Å². The van der Waals surface area contributed by atoms with E-state index in [2.05, 4.69) is 31.4 Å². The van der Waals surface area contributed by atoms with Crippen LogP contribution in [-0.4, -0.2) is 42.8 Å². The van der Waals surface area contributed by atoms with Crippen LogP contribution in [0.4, 0.5) is 4.39 Å².